The number of rotatable bonds is 5. The van der Waals surface area contributed by atoms with E-state index in [1.54, 1.807) is 0 Å². The van der Waals surface area contributed by atoms with Crippen molar-refractivity contribution in [2.75, 3.05) is 13.6 Å². The normalized spacial score (nSPS) is 9.80. The minimum absolute atomic E-state index is 0. The summed E-state index contributed by atoms with van der Waals surface area (Å²) in [6.45, 7) is 0.823. The Balaban J connectivity index is 0. The van der Waals surface area contributed by atoms with Gasteiger partial charge in [0, 0.05) is 7.05 Å². The van der Waals surface area contributed by atoms with E-state index in [4.69, 9.17) is 5.73 Å². The Morgan fingerprint density at radius 2 is 2.00 bits per heavy atom. The Morgan fingerprint density at radius 3 is 2.50 bits per heavy atom. The summed E-state index contributed by atoms with van der Waals surface area (Å²) in [5.74, 6) is 0. The van der Waals surface area contributed by atoms with E-state index in [-0.39, 0.29) is 4.70 Å². The second-order valence-corrected chi connectivity index (χ2v) is 2.08. The molecule has 0 aliphatic rings. The Kier molecular flexibility index (Phi) is 13.9. The molecule has 10 heavy (non-hydrogen) atoms. The first-order valence-corrected chi connectivity index (χ1v) is 3.52. The monoisotopic (exact) mass is 148 g/mol. The molecule has 0 aromatic heterocycles. The number of nitrogens with zero attached hydrogens (tertiary/aromatic N) is 1. The predicted octanol–water partition coefficient (Wildman–Crippen LogP) is 1.36. The lowest BCUT2D eigenvalue weighted by molar-refractivity contribution is 0.708. The second kappa shape index (κ2) is 11.4. The molecule has 0 aliphatic carbocycles. The van der Waals surface area contributed by atoms with Crippen molar-refractivity contribution in [3.8, 4) is 0 Å². The topological polar surface area (TPSA) is 38.4 Å². The molecule has 0 aromatic carbocycles. The van der Waals surface area contributed by atoms with Crippen LogP contribution in [0.3, 0.4) is 0 Å². The van der Waals surface area contributed by atoms with Crippen molar-refractivity contribution < 1.29 is 4.70 Å². The van der Waals surface area contributed by atoms with E-state index in [1.807, 2.05) is 13.3 Å². The van der Waals surface area contributed by atoms with Gasteiger partial charge in [-0.3, -0.25) is 4.70 Å². The standard InChI is InChI=1S/C7H16N2.FH/c1-9-7-5-3-2-4-6-8;/h7H,2-6,8H2,1H3;1H. The number of hydrogen-bond donors (Lipinski definition) is 1. The molecule has 0 amide bonds. The number of nitrogens with two attached hydrogens (primary N) is 1. The summed E-state index contributed by atoms with van der Waals surface area (Å²) in [6, 6.07) is 0. The average Bonchev–Trinajstić information content (AvgIpc) is 1.89. The van der Waals surface area contributed by atoms with Gasteiger partial charge in [0.15, 0.2) is 0 Å². The van der Waals surface area contributed by atoms with Crippen LogP contribution in [0.2, 0.25) is 0 Å². The minimum atomic E-state index is 0. The van der Waals surface area contributed by atoms with Gasteiger partial charge in [-0.05, 0) is 32.0 Å². The molecular weight excluding hydrogens is 131 g/mol. The zero-order chi connectivity index (χ0) is 6.95. The van der Waals surface area contributed by atoms with E-state index in [9.17, 15) is 0 Å². The fourth-order valence-electron chi connectivity index (χ4n) is 0.686. The first-order chi connectivity index (χ1) is 4.41. The van der Waals surface area contributed by atoms with Crippen LogP contribution in [0.4, 0.5) is 4.70 Å². The Bertz CT molecular complexity index is 74.0. The SMILES string of the molecule is CN=CCCCCCN.F. The van der Waals surface area contributed by atoms with Crippen LogP contribution in [0.1, 0.15) is 25.7 Å². The Hall–Kier alpha value is -0.440. The molecule has 2 nitrogen and oxygen atoms in total. The van der Waals surface area contributed by atoms with Gasteiger partial charge < -0.3 is 10.7 Å². The maximum absolute atomic E-state index is 5.31. The third-order valence-corrected chi connectivity index (χ3v) is 1.22. The lowest BCUT2D eigenvalue weighted by atomic mass is 10.2. The zero-order valence-electron chi connectivity index (χ0n) is 6.55. The van der Waals surface area contributed by atoms with Gasteiger partial charge in [0.2, 0.25) is 0 Å². The molecule has 0 fully saturated rings. The molecule has 2 N–H and O–H groups in total. The number of halogens is 1. The van der Waals surface area contributed by atoms with Crippen molar-refractivity contribution in [2.45, 2.75) is 25.7 Å². The summed E-state index contributed by atoms with van der Waals surface area (Å²) < 4.78 is 0. The molecular formula is C7H17FN2. The quantitative estimate of drug-likeness (QED) is 0.464. The zero-order valence-corrected chi connectivity index (χ0v) is 6.55. The van der Waals surface area contributed by atoms with Crippen LogP contribution in [0.15, 0.2) is 4.99 Å². The van der Waals surface area contributed by atoms with Crippen LogP contribution in [0.5, 0.6) is 0 Å². The van der Waals surface area contributed by atoms with Gasteiger partial charge in [-0.1, -0.05) is 6.42 Å². The van der Waals surface area contributed by atoms with Crippen molar-refractivity contribution in [3.63, 3.8) is 0 Å². The van der Waals surface area contributed by atoms with E-state index < -0.39 is 0 Å². The largest absolute Gasteiger partial charge is 0.330 e. The van der Waals surface area contributed by atoms with Crippen molar-refractivity contribution >= 4 is 6.21 Å². The Labute approximate surface area is 61.9 Å². The molecule has 0 spiro atoms. The van der Waals surface area contributed by atoms with E-state index in [2.05, 4.69) is 4.99 Å². The third-order valence-electron chi connectivity index (χ3n) is 1.22. The third kappa shape index (κ3) is 10.5. The van der Waals surface area contributed by atoms with Crippen molar-refractivity contribution in [2.24, 2.45) is 10.7 Å². The van der Waals surface area contributed by atoms with Crippen LogP contribution in [0, 0.1) is 0 Å². The number of aliphatic imine (C=N–C) groups is 1. The van der Waals surface area contributed by atoms with Gasteiger partial charge in [0.1, 0.15) is 0 Å². The number of hydrogen-bond acceptors (Lipinski definition) is 2. The van der Waals surface area contributed by atoms with E-state index in [0.29, 0.717) is 0 Å². The Morgan fingerprint density at radius 1 is 1.30 bits per heavy atom. The van der Waals surface area contributed by atoms with Gasteiger partial charge >= 0.3 is 0 Å². The highest BCUT2D eigenvalue weighted by Crippen LogP contribution is 1.95. The fraction of sp³-hybridized carbons (Fsp3) is 0.857. The van der Waals surface area contributed by atoms with Gasteiger partial charge in [-0.25, -0.2) is 0 Å². The molecule has 0 unspecified atom stereocenters. The highest BCUT2D eigenvalue weighted by atomic mass is 19.0. The lowest BCUT2D eigenvalue weighted by Crippen LogP contribution is -1.97. The van der Waals surface area contributed by atoms with Crippen LogP contribution in [-0.2, 0) is 0 Å². The molecule has 0 rings (SSSR count). The van der Waals surface area contributed by atoms with Crippen LogP contribution in [-0.4, -0.2) is 19.8 Å². The van der Waals surface area contributed by atoms with Crippen molar-refractivity contribution in [1.29, 1.82) is 0 Å². The molecule has 62 valence electrons. The van der Waals surface area contributed by atoms with E-state index >= 15 is 0 Å². The van der Waals surface area contributed by atoms with Gasteiger partial charge in [-0.2, -0.15) is 0 Å². The second-order valence-electron chi connectivity index (χ2n) is 2.08. The summed E-state index contributed by atoms with van der Waals surface area (Å²) in [7, 11) is 1.81. The molecule has 3 heteroatoms. The maximum Gasteiger partial charge on any atom is 0.0273 e. The van der Waals surface area contributed by atoms with Crippen molar-refractivity contribution in [3.05, 3.63) is 0 Å². The van der Waals surface area contributed by atoms with E-state index in [0.717, 1.165) is 19.4 Å². The van der Waals surface area contributed by atoms with Crippen LogP contribution < -0.4 is 5.73 Å². The summed E-state index contributed by atoms with van der Waals surface area (Å²) >= 11 is 0. The maximum atomic E-state index is 5.31. The molecule has 0 saturated carbocycles. The van der Waals surface area contributed by atoms with Gasteiger partial charge in [0.25, 0.3) is 0 Å². The summed E-state index contributed by atoms with van der Waals surface area (Å²) in [4.78, 5) is 3.88. The van der Waals surface area contributed by atoms with Gasteiger partial charge in [0.05, 0.1) is 0 Å². The molecule has 0 radical (unpaired) electrons. The summed E-state index contributed by atoms with van der Waals surface area (Å²) in [5.41, 5.74) is 5.31. The predicted molar refractivity (Wildman–Crippen MR) is 44.4 cm³/mol. The van der Waals surface area contributed by atoms with Crippen LogP contribution in [0.25, 0.3) is 0 Å². The molecule has 0 bridgehead atoms. The van der Waals surface area contributed by atoms with Crippen LogP contribution >= 0.6 is 0 Å². The van der Waals surface area contributed by atoms with Gasteiger partial charge in [-0.15, -0.1) is 0 Å². The first kappa shape index (κ1) is 12.3. The fourth-order valence-corrected chi connectivity index (χ4v) is 0.686. The highest BCUT2D eigenvalue weighted by Gasteiger charge is 1.82. The summed E-state index contributed by atoms with van der Waals surface area (Å²) in [6.07, 6.45) is 6.68. The molecule has 0 atom stereocenters. The molecule has 0 aromatic rings. The summed E-state index contributed by atoms with van der Waals surface area (Å²) in [5, 5.41) is 0. The average molecular weight is 148 g/mol. The lowest BCUT2D eigenvalue weighted by Gasteiger charge is -1.92. The smallest absolute Gasteiger partial charge is 0.0273 e. The molecule has 0 aliphatic heterocycles. The number of unbranched alkanes of at least 4 members (excludes halogenated alkanes) is 3. The van der Waals surface area contributed by atoms with Crippen molar-refractivity contribution in [1.82, 2.24) is 0 Å². The molecule has 0 heterocycles. The van der Waals surface area contributed by atoms with E-state index in [1.165, 1.54) is 12.8 Å². The first-order valence-electron chi connectivity index (χ1n) is 3.52. The highest BCUT2D eigenvalue weighted by molar-refractivity contribution is 5.56. The molecule has 0 saturated heterocycles. The minimum Gasteiger partial charge on any atom is -0.330 e.